The maximum Gasteiger partial charge on any atom is 0.188 e. The van der Waals surface area contributed by atoms with Gasteiger partial charge in [0.1, 0.15) is 23.3 Å². The molecule has 0 fully saturated rings. The molecule has 0 saturated carbocycles. The summed E-state index contributed by atoms with van der Waals surface area (Å²) in [5.74, 6) is 3.76. The van der Waals surface area contributed by atoms with Crippen LogP contribution in [0.5, 0.6) is 46.0 Å². The molecule has 9 rings (SSSR count). The highest BCUT2D eigenvalue weighted by molar-refractivity contribution is 5.89. The third-order valence-corrected chi connectivity index (χ3v) is 8.79. The van der Waals surface area contributed by atoms with E-state index in [1.807, 2.05) is 97.1 Å². The number of para-hydroxylation sites is 4. The molecule has 0 radical (unpaired) electrons. The highest BCUT2D eigenvalue weighted by Crippen LogP contribution is 2.61. The minimum Gasteiger partial charge on any atom is -0.449 e. The number of rotatable bonds is 2. The highest BCUT2D eigenvalue weighted by atomic mass is 16.6. The van der Waals surface area contributed by atoms with E-state index in [1.54, 1.807) is 0 Å². The van der Waals surface area contributed by atoms with E-state index in [4.69, 9.17) is 18.9 Å². The van der Waals surface area contributed by atoms with Gasteiger partial charge in [-0.15, -0.1) is 0 Å². The molecule has 0 aromatic heterocycles. The number of fused-ring (bicyclic) bond motifs is 7. The maximum atomic E-state index is 10.9. The van der Waals surface area contributed by atoms with Crippen molar-refractivity contribution in [2.75, 3.05) is 0 Å². The van der Waals surface area contributed by atoms with E-state index in [-0.39, 0.29) is 0 Å². The lowest BCUT2D eigenvalue weighted by atomic mass is 9.65. The Morgan fingerprint density at radius 3 is 1.18 bits per heavy atom. The van der Waals surface area contributed by atoms with Crippen LogP contribution in [0.3, 0.4) is 0 Å². The van der Waals surface area contributed by atoms with Crippen molar-refractivity contribution in [1.82, 2.24) is 0 Å². The summed E-state index contributed by atoms with van der Waals surface area (Å²) in [7, 11) is 0. The molecule has 0 unspecified atom stereocenters. The third-order valence-electron chi connectivity index (χ3n) is 8.79. The lowest BCUT2D eigenvalue weighted by Gasteiger charge is -2.36. The van der Waals surface area contributed by atoms with Gasteiger partial charge in [-0.05, 0) is 69.8 Å². The number of hydrogen-bond donors (Lipinski definition) is 0. The van der Waals surface area contributed by atoms with E-state index in [9.17, 15) is 10.5 Å². The summed E-state index contributed by atoms with van der Waals surface area (Å²) in [5, 5.41) is 21.7. The van der Waals surface area contributed by atoms with Gasteiger partial charge in [0.05, 0.1) is 5.41 Å². The number of nitriles is 2. The predicted molar refractivity (Wildman–Crippen MR) is 166 cm³/mol. The molecule has 0 N–H and O–H groups in total. The molecule has 0 atom stereocenters. The van der Waals surface area contributed by atoms with Crippen LogP contribution in [0.2, 0.25) is 0 Å². The van der Waals surface area contributed by atoms with Crippen LogP contribution in [0.15, 0.2) is 121 Å². The Kier molecular flexibility index (Phi) is 5.15. The number of nitrogens with zero attached hydrogens (tertiary/aromatic N) is 2. The second-order valence-electron chi connectivity index (χ2n) is 11.0. The zero-order chi connectivity index (χ0) is 30.1. The first-order chi connectivity index (χ1) is 22.2. The van der Waals surface area contributed by atoms with Crippen molar-refractivity contribution < 1.29 is 18.9 Å². The van der Waals surface area contributed by atoms with Gasteiger partial charge in [0.15, 0.2) is 46.0 Å². The smallest absolute Gasteiger partial charge is 0.188 e. The molecule has 0 spiro atoms. The molecule has 6 aromatic carbocycles. The Balaban J connectivity index is 1.39. The lowest BCUT2D eigenvalue weighted by molar-refractivity contribution is 0.357. The quantitative estimate of drug-likeness (QED) is 0.202. The molecule has 6 heteroatoms. The van der Waals surface area contributed by atoms with Crippen molar-refractivity contribution in [3.8, 4) is 69.3 Å². The van der Waals surface area contributed by atoms with Gasteiger partial charge in [0.25, 0.3) is 0 Å². The fraction of sp³-hybridized carbons (Fsp3) is 0.0256. The van der Waals surface area contributed by atoms with E-state index < -0.39 is 5.41 Å². The zero-order valence-corrected chi connectivity index (χ0v) is 23.6. The molecule has 0 bridgehead atoms. The number of benzene rings is 6. The molecule has 2 aliphatic heterocycles. The second kappa shape index (κ2) is 9.25. The standard InChI is InChI=1S/C39H20N2O4/c40-21-25-29(17-19-35-37(25)44-33-15-7-5-13-31(33)42-35)39(27-11-3-1-9-23(27)24-10-2-4-12-28(24)39)30-18-20-36-38(26(30)22-41)45-34-16-8-6-14-32(34)43-36/h1-20H. The SMILES string of the molecule is N#Cc1c(C2(c3ccc4c(c3C#N)Oc3ccccc3O4)c3ccccc3-c3ccccc32)ccc2c1Oc1ccccc1O2. The molecular formula is C39H20N2O4. The van der Waals surface area contributed by atoms with E-state index in [0.717, 1.165) is 22.3 Å². The molecule has 1 aliphatic carbocycles. The molecule has 0 amide bonds. The van der Waals surface area contributed by atoms with Crippen LogP contribution in [0.25, 0.3) is 11.1 Å². The Bertz CT molecular complexity index is 2160. The first-order valence-electron chi connectivity index (χ1n) is 14.5. The van der Waals surface area contributed by atoms with Crippen LogP contribution in [0.4, 0.5) is 0 Å². The summed E-state index contributed by atoms with van der Waals surface area (Å²) in [6.07, 6.45) is 0. The van der Waals surface area contributed by atoms with E-state index in [0.29, 0.717) is 68.2 Å². The third kappa shape index (κ3) is 3.31. The van der Waals surface area contributed by atoms with E-state index in [1.165, 1.54) is 0 Å². The minimum absolute atomic E-state index is 0.317. The van der Waals surface area contributed by atoms with Crippen molar-refractivity contribution in [2.24, 2.45) is 0 Å². The molecule has 210 valence electrons. The van der Waals surface area contributed by atoms with Gasteiger partial charge in [0.2, 0.25) is 0 Å². The fourth-order valence-corrected chi connectivity index (χ4v) is 6.99. The molecule has 3 aliphatic rings. The minimum atomic E-state index is -1.09. The summed E-state index contributed by atoms with van der Waals surface area (Å²) in [6, 6.07) is 43.5. The van der Waals surface area contributed by atoms with Gasteiger partial charge in [-0.1, -0.05) is 84.9 Å². The summed E-state index contributed by atoms with van der Waals surface area (Å²) in [5.41, 5.74) is 4.78. The average Bonchev–Trinajstić information content (AvgIpc) is 3.39. The van der Waals surface area contributed by atoms with E-state index in [2.05, 4.69) is 36.4 Å². The monoisotopic (exact) mass is 580 g/mol. The van der Waals surface area contributed by atoms with Crippen LogP contribution < -0.4 is 18.9 Å². The molecule has 0 saturated heterocycles. The molecule has 6 aromatic rings. The average molecular weight is 581 g/mol. The van der Waals surface area contributed by atoms with E-state index >= 15 is 0 Å². The highest BCUT2D eigenvalue weighted by Gasteiger charge is 2.50. The van der Waals surface area contributed by atoms with Crippen LogP contribution in [-0.4, -0.2) is 0 Å². The van der Waals surface area contributed by atoms with Crippen LogP contribution in [0, 0.1) is 22.7 Å². The van der Waals surface area contributed by atoms with Crippen LogP contribution in [0.1, 0.15) is 33.4 Å². The Morgan fingerprint density at radius 1 is 0.378 bits per heavy atom. The lowest BCUT2D eigenvalue weighted by Crippen LogP contribution is -2.31. The Morgan fingerprint density at radius 2 is 0.756 bits per heavy atom. The molecule has 45 heavy (non-hydrogen) atoms. The molecular weight excluding hydrogens is 560 g/mol. The van der Waals surface area contributed by atoms with Gasteiger partial charge < -0.3 is 18.9 Å². The van der Waals surface area contributed by atoms with Crippen molar-refractivity contribution in [3.63, 3.8) is 0 Å². The summed E-state index contributed by atoms with van der Waals surface area (Å²) in [4.78, 5) is 0. The zero-order valence-electron chi connectivity index (χ0n) is 23.6. The van der Waals surface area contributed by atoms with Crippen LogP contribution >= 0.6 is 0 Å². The van der Waals surface area contributed by atoms with Crippen molar-refractivity contribution in [3.05, 3.63) is 155 Å². The Labute approximate surface area is 258 Å². The summed E-state index contributed by atoms with van der Waals surface area (Å²) < 4.78 is 25.2. The summed E-state index contributed by atoms with van der Waals surface area (Å²) in [6.45, 7) is 0. The predicted octanol–water partition coefficient (Wildman–Crippen LogP) is 9.59. The van der Waals surface area contributed by atoms with Crippen molar-refractivity contribution >= 4 is 0 Å². The van der Waals surface area contributed by atoms with Gasteiger partial charge in [-0.25, -0.2) is 0 Å². The van der Waals surface area contributed by atoms with Crippen LogP contribution in [-0.2, 0) is 5.41 Å². The molecule has 2 heterocycles. The van der Waals surface area contributed by atoms with Gasteiger partial charge in [-0.2, -0.15) is 10.5 Å². The normalized spacial score (nSPS) is 13.7. The largest absolute Gasteiger partial charge is 0.449 e. The number of ether oxygens (including phenoxy) is 4. The first kappa shape index (κ1) is 25.0. The Hall–Kier alpha value is -6.50. The second-order valence-corrected chi connectivity index (χ2v) is 11.0. The molecule has 6 nitrogen and oxygen atoms in total. The van der Waals surface area contributed by atoms with Gasteiger partial charge in [0, 0.05) is 0 Å². The topological polar surface area (TPSA) is 84.5 Å². The fourth-order valence-electron chi connectivity index (χ4n) is 6.99. The first-order valence-corrected chi connectivity index (χ1v) is 14.5. The van der Waals surface area contributed by atoms with Gasteiger partial charge >= 0.3 is 0 Å². The van der Waals surface area contributed by atoms with Gasteiger partial charge in [-0.3, -0.25) is 0 Å². The summed E-state index contributed by atoms with van der Waals surface area (Å²) >= 11 is 0. The maximum absolute atomic E-state index is 10.9. The van der Waals surface area contributed by atoms with Crippen molar-refractivity contribution in [2.45, 2.75) is 5.41 Å². The number of hydrogen-bond acceptors (Lipinski definition) is 6. The van der Waals surface area contributed by atoms with Crippen molar-refractivity contribution in [1.29, 1.82) is 10.5 Å².